The summed E-state index contributed by atoms with van der Waals surface area (Å²) < 4.78 is 8.79. The minimum Gasteiger partial charge on any atom is -0.483 e. The molecule has 2 aromatic carbocycles. The monoisotopic (exact) mass is 490 g/mol. The zero-order chi connectivity index (χ0) is 24.1. The second-order valence-electron chi connectivity index (χ2n) is 7.62. The Labute approximate surface area is 206 Å². The van der Waals surface area contributed by atoms with E-state index in [2.05, 4.69) is 52.2 Å². The van der Waals surface area contributed by atoms with Crippen molar-refractivity contribution >= 4 is 40.9 Å². The van der Waals surface area contributed by atoms with Gasteiger partial charge in [0.15, 0.2) is 0 Å². The molecular formula is C26H35ClN2O3S. The lowest BCUT2D eigenvalue weighted by Crippen LogP contribution is -2.25. The number of fused-ring (bicyclic) bond motifs is 1. The van der Waals surface area contributed by atoms with E-state index in [0.717, 1.165) is 40.2 Å². The number of ether oxygens (including phenoxy) is 1. The van der Waals surface area contributed by atoms with Gasteiger partial charge < -0.3 is 14.8 Å². The Morgan fingerprint density at radius 3 is 2.45 bits per heavy atom. The number of H-pyrrole nitrogens is 1. The Hall–Kier alpha value is -1.99. The van der Waals surface area contributed by atoms with Crippen molar-refractivity contribution in [3.63, 3.8) is 0 Å². The molecule has 33 heavy (non-hydrogen) atoms. The number of aromatic nitrogens is 1. The van der Waals surface area contributed by atoms with Crippen LogP contribution in [0.2, 0.25) is 5.02 Å². The summed E-state index contributed by atoms with van der Waals surface area (Å²) in [7, 11) is 1.73. The zero-order valence-electron chi connectivity index (χ0n) is 19.7. The van der Waals surface area contributed by atoms with Gasteiger partial charge in [-0.2, -0.15) is 0 Å². The number of carboxylic acid groups (broad SMARTS) is 1. The lowest BCUT2D eigenvalue weighted by Gasteiger charge is -2.22. The molecule has 1 aromatic heterocycles. The predicted molar refractivity (Wildman–Crippen MR) is 140 cm³/mol. The Bertz CT molecular complexity index is 970. The van der Waals surface area contributed by atoms with E-state index in [1.807, 2.05) is 13.8 Å². The highest BCUT2D eigenvalue weighted by molar-refractivity contribution is 7.97. The van der Waals surface area contributed by atoms with Crippen LogP contribution in [0.3, 0.4) is 0 Å². The maximum absolute atomic E-state index is 8.36. The average Bonchev–Trinajstić information content (AvgIpc) is 3.20. The highest BCUT2D eigenvalue weighted by Crippen LogP contribution is 2.36. The molecule has 1 aliphatic rings. The number of rotatable bonds is 7. The lowest BCUT2D eigenvalue weighted by molar-refractivity contribution is -0.122. The summed E-state index contributed by atoms with van der Waals surface area (Å²) in [6.45, 7) is 4.49. The van der Waals surface area contributed by atoms with Crippen molar-refractivity contribution in [3.8, 4) is 11.3 Å². The molecule has 0 amide bonds. The van der Waals surface area contributed by atoms with E-state index >= 15 is 0 Å². The van der Waals surface area contributed by atoms with Crippen molar-refractivity contribution in [1.29, 1.82) is 0 Å². The van der Waals surface area contributed by atoms with Crippen LogP contribution < -0.4 is 4.72 Å². The molecule has 1 aliphatic carbocycles. The molecule has 1 heterocycles. The Kier molecular flexibility index (Phi) is 12.4. The smallest absolute Gasteiger partial charge is 0.290 e. The minimum atomic E-state index is -0.250. The van der Waals surface area contributed by atoms with Gasteiger partial charge in [-0.3, -0.25) is 9.52 Å². The summed E-state index contributed by atoms with van der Waals surface area (Å²) in [5.41, 5.74) is 4.44. The van der Waals surface area contributed by atoms with Crippen LogP contribution in [-0.2, 0) is 16.0 Å². The molecule has 1 saturated carbocycles. The number of aromatic amines is 1. The fourth-order valence-electron chi connectivity index (χ4n) is 3.83. The Balaban J connectivity index is 0.000000714. The van der Waals surface area contributed by atoms with E-state index in [1.54, 1.807) is 19.1 Å². The first-order valence-corrected chi connectivity index (χ1v) is 12.8. The third-order valence-electron chi connectivity index (χ3n) is 5.49. The Morgan fingerprint density at radius 1 is 1.15 bits per heavy atom. The van der Waals surface area contributed by atoms with Crippen molar-refractivity contribution in [2.45, 2.75) is 63.3 Å². The maximum Gasteiger partial charge on any atom is 0.290 e. The Morgan fingerprint density at radius 2 is 1.82 bits per heavy atom. The fourth-order valence-corrected chi connectivity index (χ4v) is 5.01. The summed E-state index contributed by atoms with van der Waals surface area (Å²) >= 11 is 8.43. The summed E-state index contributed by atoms with van der Waals surface area (Å²) in [6, 6.07) is 15.6. The highest BCUT2D eigenvalue weighted by atomic mass is 35.5. The number of hydrogen-bond donors (Lipinski definition) is 3. The summed E-state index contributed by atoms with van der Waals surface area (Å²) in [4.78, 5) is 13.1. The van der Waals surface area contributed by atoms with Crippen LogP contribution in [0.4, 0.5) is 0 Å². The number of carbonyl (C=O) groups is 1. The van der Waals surface area contributed by atoms with Crippen LogP contribution >= 0.6 is 23.5 Å². The summed E-state index contributed by atoms with van der Waals surface area (Å²) in [6.07, 6.45) is 7.56. The molecule has 0 saturated heterocycles. The molecule has 3 N–H and O–H groups in total. The third-order valence-corrected chi connectivity index (χ3v) is 6.83. The molecule has 5 nitrogen and oxygen atoms in total. The van der Waals surface area contributed by atoms with Crippen LogP contribution in [-0.4, -0.2) is 36.3 Å². The SMILES string of the molecule is CC.COCCc1ccc(-c2[nH]c3cc(SNC4CCCCC4)ccc3c2Cl)cc1.O=CO. The molecule has 3 aromatic rings. The average molecular weight is 491 g/mol. The molecular weight excluding hydrogens is 456 g/mol. The minimum absolute atomic E-state index is 0.250. The second kappa shape index (κ2) is 15.0. The molecule has 4 rings (SSSR count). The van der Waals surface area contributed by atoms with Gasteiger partial charge in [0.05, 0.1) is 17.3 Å². The van der Waals surface area contributed by atoms with Gasteiger partial charge in [0.2, 0.25) is 0 Å². The van der Waals surface area contributed by atoms with Crippen molar-refractivity contribution in [2.24, 2.45) is 0 Å². The summed E-state index contributed by atoms with van der Waals surface area (Å²) in [5.74, 6) is 0. The standard InChI is InChI=1S/C23H27ClN2OS.C2H6.CH2O2/c1-27-14-13-16-7-9-17(10-8-16)23-22(24)20-12-11-19(15-21(20)25-23)28-26-18-5-3-2-4-6-18;1-2;2-1-3/h7-12,15,18,25-26H,2-6,13-14H2,1H3;1-2H3;1H,(H,2,3). The quantitative estimate of drug-likeness (QED) is 0.239. The number of hydrogen-bond acceptors (Lipinski definition) is 4. The topological polar surface area (TPSA) is 74.3 Å². The van der Waals surface area contributed by atoms with E-state index in [0.29, 0.717) is 6.04 Å². The molecule has 0 radical (unpaired) electrons. The van der Waals surface area contributed by atoms with Gasteiger partial charge in [0, 0.05) is 29.0 Å². The molecule has 0 spiro atoms. The van der Waals surface area contributed by atoms with Crippen molar-refractivity contribution in [1.82, 2.24) is 9.71 Å². The van der Waals surface area contributed by atoms with Crippen molar-refractivity contribution < 1.29 is 14.6 Å². The maximum atomic E-state index is 8.36. The highest BCUT2D eigenvalue weighted by Gasteiger charge is 2.15. The van der Waals surface area contributed by atoms with E-state index in [1.165, 1.54) is 42.6 Å². The van der Waals surface area contributed by atoms with Crippen molar-refractivity contribution in [2.75, 3.05) is 13.7 Å². The molecule has 1 fully saturated rings. The van der Waals surface area contributed by atoms with Gasteiger partial charge in [-0.15, -0.1) is 0 Å². The van der Waals surface area contributed by atoms with Gasteiger partial charge in [-0.1, -0.05) is 75.0 Å². The first-order chi connectivity index (χ1) is 16.2. The van der Waals surface area contributed by atoms with Gasteiger partial charge in [0.1, 0.15) is 0 Å². The van der Waals surface area contributed by atoms with Crippen molar-refractivity contribution in [3.05, 3.63) is 53.1 Å². The van der Waals surface area contributed by atoms with E-state index in [-0.39, 0.29) is 6.47 Å². The van der Waals surface area contributed by atoms with Gasteiger partial charge in [0.25, 0.3) is 6.47 Å². The van der Waals surface area contributed by atoms with Gasteiger partial charge in [-0.25, -0.2) is 0 Å². The van der Waals surface area contributed by atoms with Crippen LogP contribution in [0.1, 0.15) is 51.5 Å². The fraction of sp³-hybridized carbons (Fsp3) is 0.423. The number of nitrogens with one attached hydrogen (secondary N) is 2. The van der Waals surface area contributed by atoms with Crippen LogP contribution in [0.25, 0.3) is 22.2 Å². The molecule has 0 aliphatic heterocycles. The van der Waals surface area contributed by atoms with Gasteiger partial charge >= 0.3 is 0 Å². The first-order valence-electron chi connectivity index (χ1n) is 11.6. The van der Waals surface area contributed by atoms with Crippen LogP contribution in [0.15, 0.2) is 47.4 Å². The molecule has 7 heteroatoms. The van der Waals surface area contributed by atoms with Crippen LogP contribution in [0.5, 0.6) is 0 Å². The third kappa shape index (κ3) is 8.07. The number of halogens is 1. The normalized spacial score (nSPS) is 13.6. The zero-order valence-corrected chi connectivity index (χ0v) is 21.3. The first kappa shape index (κ1) is 27.3. The number of benzene rings is 2. The van der Waals surface area contributed by atoms with Crippen LogP contribution in [0, 0.1) is 0 Å². The van der Waals surface area contributed by atoms with E-state index in [4.69, 9.17) is 26.2 Å². The molecule has 180 valence electrons. The lowest BCUT2D eigenvalue weighted by atomic mass is 9.96. The van der Waals surface area contributed by atoms with E-state index in [9.17, 15) is 0 Å². The second-order valence-corrected chi connectivity index (χ2v) is 8.91. The molecule has 0 bridgehead atoms. The molecule has 0 atom stereocenters. The van der Waals surface area contributed by atoms with Gasteiger partial charge in [-0.05, 0) is 54.5 Å². The molecule has 0 unspecified atom stereocenters. The number of methoxy groups -OCH3 is 1. The van der Waals surface area contributed by atoms with E-state index < -0.39 is 0 Å². The largest absolute Gasteiger partial charge is 0.483 e. The summed E-state index contributed by atoms with van der Waals surface area (Å²) in [5, 5.41) is 8.75. The predicted octanol–water partition coefficient (Wildman–Crippen LogP) is 7.33.